The van der Waals surface area contributed by atoms with Gasteiger partial charge in [0.05, 0.1) is 29.4 Å². The van der Waals surface area contributed by atoms with Gasteiger partial charge in [-0.3, -0.25) is 18.7 Å². The molecule has 0 aliphatic rings. The number of esters is 1. The van der Waals surface area contributed by atoms with Gasteiger partial charge in [-0.25, -0.2) is 14.0 Å². The van der Waals surface area contributed by atoms with Crippen LogP contribution in [-0.2, 0) is 24.8 Å². The first-order valence-corrected chi connectivity index (χ1v) is 10.2. The molecule has 8 nitrogen and oxygen atoms in total. The lowest BCUT2D eigenvalue weighted by molar-refractivity contribution is -0.133. The fraction of sp³-hybridized carbons (Fsp3) is 0.120. The number of carboxylic acids is 1. The molecule has 0 unspecified atom stereocenters. The molecule has 1 aromatic heterocycles. The van der Waals surface area contributed by atoms with E-state index in [4.69, 9.17) is 9.84 Å². The van der Waals surface area contributed by atoms with Crippen LogP contribution in [-0.4, -0.2) is 26.2 Å². The summed E-state index contributed by atoms with van der Waals surface area (Å²) in [5.74, 6) is -2.06. The maximum atomic E-state index is 13.3. The van der Waals surface area contributed by atoms with Crippen LogP contribution in [0.5, 0.6) is 5.75 Å². The van der Waals surface area contributed by atoms with Crippen LogP contribution < -0.4 is 16.0 Å². The number of carbonyl (C=O) groups is 2. The van der Waals surface area contributed by atoms with Crippen LogP contribution in [0, 0.1) is 5.82 Å². The largest absolute Gasteiger partial charge is 0.478 e. The first-order valence-electron chi connectivity index (χ1n) is 10.2. The molecular formula is C25H19FN2O6. The van der Waals surface area contributed by atoms with Crippen LogP contribution in [0.4, 0.5) is 4.39 Å². The van der Waals surface area contributed by atoms with Gasteiger partial charge in [-0.1, -0.05) is 24.3 Å². The summed E-state index contributed by atoms with van der Waals surface area (Å²) in [7, 11) is 1.52. The molecule has 1 N–H and O–H groups in total. The van der Waals surface area contributed by atoms with Crippen LogP contribution in [0.1, 0.15) is 21.5 Å². The van der Waals surface area contributed by atoms with Gasteiger partial charge in [0.2, 0.25) is 0 Å². The Bertz CT molecular complexity index is 1540. The summed E-state index contributed by atoms with van der Waals surface area (Å²) in [5, 5.41) is 9.20. The molecule has 1 heterocycles. The van der Waals surface area contributed by atoms with Gasteiger partial charge in [-0.15, -0.1) is 0 Å². The standard InChI is InChI=1S/C25H19FN2O6/c1-27-21-10-9-19(34-22(29)12-16-3-2-4-18(26)11-16)13-20(21)23(30)28(25(27)33)14-15-5-7-17(8-6-15)24(31)32/h2-11,13H,12,14H2,1H3,(H,31,32). The maximum Gasteiger partial charge on any atom is 0.335 e. The van der Waals surface area contributed by atoms with Crippen molar-refractivity contribution < 1.29 is 23.8 Å². The number of carbonyl (C=O) groups excluding carboxylic acids is 1. The van der Waals surface area contributed by atoms with Crippen molar-refractivity contribution in [3.63, 3.8) is 0 Å². The Balaban J connectivity index is 1.65. The number of hydrogen-bond donors (Lipinski definition) is 1. The molecule has 9 heteroatoms. The summed E-state index contributed by atoms with van der Waals surface area (Å²) >= 11 is 0. The topological polar surface area (TPSA) is 108 Å². The van der Waals surface area contributed by atoms with E-state index in [2.05, 4.69) is 0 Å². The average molecular weight is 462 g/mol. The van der Waals surface area contributed by atoms with Crippen LogP contribution in [0.3, 0.4) is 0 Å². The van der Waals surface area contributed by atoms with Crippen molar-refractivity contribution in [1.82, 2.24) is 9.13 Å². The van der Waals surface area contributed by atoms with Gasteiger partial charge in [0.1, 0.15) is 11.6 Å². The number of fused-ring (bicyclic) bond motifs is 1. The van der Waals surface area contributed by atoms with Crippen LogP contribution >= 0.6 is 0 Å². The summed E-state index contributed by atoms with van der Waals surface area (Å²) < 4.78 is 21.0. The number of aromatic nitrogens is 2. The van der Waals surface area contributed by atoms with Crippen LogP contribution in [0.15, 0.2) is 76.3 Å². The SMILES string of the molecule is Cn1c(=O)n(Cc2ccc(C(=O)O)cc2)c(=O)c2cc(OC(=O)Cc3cccc(F)c3)ccc21. The molecule has 172 valence electrons. The fourth-order valence-corrected chi connectivity index (χ4v) is 3.61. The lowest BCUT2D eigenvalue weighted by Gasteiger charge is -2.12. The van der Waals surface area contributed by atoms with Gasteiger partial charge in [-0.2, -0.15) is 0 Å². The third-order valence-corrected chi connectivity index (χ3v) is 5.33. The number of aryl methyl sites for hydroxylation is 1. The smallest absolute Gasteiger partial charge is 0.335 e. The zero-order chi connectivity index (χ0) is 24.4. The molecule has 0 aliphatic carbocycles. The minimum atomic E-state index is -1.08. The molecule has 0 atom stereocenters. The molecule has 0 saturated heterocycles. The summed E-state index contributed by atoms with van der Waals surface area (Å²) in [4.78, 5) is 49.2. The molecule has 0 bridgehead atoms. The number of benzene rings is 3. The number of rotatable bonds is 6. The molecule has 0 fully saturated rings. The Labute approximate surface area is 192 Å². The van der Waals surface area contributed by atoms with E-state index in [1.807, 2.05) is 0 Å². The third kappa shape index (κ3) is 4.63. The quantitative estimate of drug-likeness (QED) is 0.349. The van der Waals surface area contributed by atoms with E-state index in [0.717, 1.165) is 4.57 Å². The number of ether oxygens (including phenoxy) is 1. The molecule has 34 heavy (non-hydrogen) atoms. The lowest BCUT2D eigenvalue weighted by Crippen LogP contribution is -2.39. The minimum Gasteiger partial charge on any atom is -0.478 e. The van der Waals surface area contributed by atoms with E-state index < -0.39 is 29.0 Å². The number of aromatic carboxylic acids is 1. The van der Waals surface area contributed by atoms with Crippen molar-refractivity contribution in [3.05, 3.63) is 110 Å². The minimum absolute atomic E-state index is 0.0646. The van der Waals surface area contributed by atoms with Gasteiger partial charge >= 0.3 is 17.6 Å². The van der Waals surface area contributed by atoms with E-state index in [1.54, 1.807) is 6.07 Å². The molecular weight excluding hydrogens is 443 g/mol. The zero-order valence-electron chi connectivity index (χ0n) is 18.0. The van der Waals surface area contributed by atoms with Gasteiger partial charge in [0.15, 0.2) is 0 Å². The van der Waals surface area contributed by atoms with Crippen molar-refractivity contribution in [2.75, 3.05) is 0 Å². The van der Waals surface area contributed by atoms with Crippen molar-refractivity contribution in [1.29, 1.82) is 0 Å². The molecule has 0 radical (unpaired) electrons. The molecule has 0 aliphatic heterocycles. The Kier molecular flexibility index (Phi) is 6.09. The van der Waals surface area contributed by atoms with Gasteiger partial charge in [-0.05, 0) is 53.6 Å². The first-order chi connectivity index (χ1) is 16.2. The molecule has 4 aromatic rings. The molecule has 0 saturated carbocycles. The average Bonchev–Trinajstić information content (AvgIpc) is 2.80. The molecule has 4 rings (SSSR count). The van der Waals surface area contributed by atoms with E-state index >= 15 is 0 Å². The second kappa shape index (κ2) is 9.14. The molecule has 3 aromatic carbocycles. The summed E-state index contributed by atoms with van der Waals surface area (Å²) in [6.07, 6.45) is -0.153. The Hall–Kier alpha value is -4.53. The monoisotopic (exact) mass is 462 g/mol. The lowest BCUT2D eigenvalue weighted by atomic mass is 10.1. The van der Waals surface area contributed by atoms with Crippen molar-refractivity contribution in [3.8, 4) is 5.75 Å². The number of nitrogens with zero attached hydrogens (tertiary/aromatic N) is 2. The second-order valence-electron chi connectivity index (χ2n) is 7.69. The highest BCUT2D eigenvalue weighted by atomic mass is 19.1. The van der Waals surface area contributed by atoms with Crippen LogP contribution in [0.2, 0.25) is 0 Å². The summed E-state index contributed by atoms with van der Waals surface area (Å²) in [6, 6.07) is 15.8. The van der Waals surface area contributed by atoms with Gasteiger partial charge in [0, 0.05) is 7.05 Å². The van der Waals surface area contributed by atoms with E-state index in [9.17, 15) is 23.6 Å². The molecule has 0 amide bonds. The molecule has 0 spiro atoms. The van der Waals surface area contributed by atoms with Crippen molar-refractivity contribution in [2.45, 2.75) is 13.0 Å². The normalized spacial score (nSPS) is 10.9. The Morgan fingerprint density at radius 3 is 2.38 bits per heavy atom. The highest BCUT2D eigenvalue weighted by Gasteiger charge is 2.14. The zero-order valence-corrected chi connectivity index (χ0v) is 18.0. The highest BCUT2D eigenvalue weighted by Crippen LogP contribution is 2.18. The second-order valence-corrected chi connectivity index (χ2v) is 7.69. The number of carboxylic acid groups (broad SMARTS) is 1. The van der Waals surface area contributed by atoms with Gasteiger partial charge < -0.3 is 9.84 Å². The summed E-state index contributed by atoms with van der Waals surface area (Å²) in [5.41, 5.74) is 0.342. The van der Waals surface area contributed by atoms with E-state index in [-0.39, 0.29) is 29.7 Å². The third-order valence-electron chi connectivity index (χ3n) is 5.33. The van der Waals surface area contributed by atoms with Gasteiger partial charge in [0.25, 0.3) is 5.56 Å². The summed E-state index contributed by atoms with van der Waals surface area (Å²) in [6.45, 7) is -0.0646. The van der Waals surface area contributed by atoms with E-state index in [0.29, 0.717) is 16.6 Å². The number of halogens is 1. The fourth-order valence-electron chi connectivity index (χ4n) is 3.61. The van der Waals surface area contributed by atoms with Crippen LogP contribution in [0.25, 0.3) is 10.9 Å². The predicted octanol–water partition coefficient (Wildman–Crippen LogP) is 2.73. The van der Waals surface area contributed by atoms with Crippen molar-refractivity contribution in [2.24, 2.45) is 7.05 Å². The van der Waals surface area contributed by atoms with Crippen molar-refractivity contribution >= 4 is 22.8 Å². The maximum absolute atomic E-state index is 13.3. The van der Waals surface area contributed by atoms with E-state index in [1.165, 1.54) is 72.3 Å². The number of hydrogen-bond acceptors (Lipinski definition) is 5. The Morgan fingerprint density at radius 1 is 0.971 bits per heavy atom. The predicted molar refractivity (Wildman–Crippen MR) is 122 cm³/mol. The first kappa shape index (κ1) is 22.7. The highest BCUT2D eigenvalue weighted by molar-refractivity contribution is 5.87. The Morgan fingerprint density at radius 2 is 1.71 bits per heavy atom.